The summed E-state index contributed by atoms with van der Waals surface area (Å²) in [5, 5.41) is 2.54. The molecule has 0 spiro atoms. The van der Waals surface area contributed by atoms with E-state index in [-0.39, 0.29) is 11.5 Å². The second-order valence-electron chi connectivity index (χ2n) is 5.12. The SMILES string of the molecule is CCCCC(=O)OCC(=O)Nc1ccc(S(=O)(=O)N(C)C)cc1. The standard InChI is InChI=1S/C15H22N2O5S/c1-4-5-6-15(19)22-11-14(18)16-12-7-9-13(10-8-12)23(20,21)17(2)3/h7-10H,4-6,11H2,1-3H3,(H,16,18). The molecule has 1 N–H and O–H groups in total. The number of nitrogens with zero attached hydrogens (tertiary/aromatic N) is 1. The number of amides is 1. The number of rotatable bonds is 8. The summed E-state index contributed by atoms with van der Waals surface area (Å²) in [6, 6.07) is 5.76. The summed E-state index contributed by atoms with van der Waals surface area (Å²) < 4.78 is 29.8. The zero-order valence-electron chi connectivity index (χ0n) is 13.5. The van der Waals surface area contributed by atoms with E-state index in [1.807, 2.05) is 6.92 Å². The van der Waals surface area contributed by atoms with E-state index in [0.29, 0.717) is 12.1 Å². The van der Waals surface area contributed by atoms with Gasteiger partial charge in [-0.05, 0) is 30.7 Å². The van der Waals surface area contributed by atoms with Crippen molar-refractivity contribution in [2.45, 2.75) is 31.1 Å². The van der Waals surface area contributed by atoms with Gasteiger partial charge < -0.3 is 10.1 Å². The molecule has 0 atom stereocenters. The minimum atomic E-state index is -3.50. The van der Waals surface area contributed by atoms with Gasteiger partial charge in [-0.1, -0.05) is 13.3 Å². The molecule has 0 unspecified atom stereocenters. The highest BCUT2D eigenvalue weighted by molar-refractivity contribution is 7.89. The van der Waals surface area contributed by atoms with E-state index in [2.05, 4.69) is 5.32 Å². The van der Waals surface area contributed by atoms with Gasteiger partial charge in [0.15, 0.2) is 6.61 Å². The van der Waals surface area contributed by atoms with Crippen LogP contribution in [0.25, 0.3) is 0 Å². The molecule has 1 amide bonds. The summed E-state index contributed by atoms with van der Waals surface area (Å²) in [5.74, 6) is -0.882. The lowest BCUT2D eigenvalue weighted by Crippen LogP contribution is -2.22. The summed E-state index contributed by atoms with van der Waals surface area (Å²) in [4.78, 5) is 23.1. The highest BCUT2D eigenvalue weighted by Gasteiger charge is 2.16. The number of hydrogen-bond acceptors (Lipinski definition) is 5. The van der Waals surface area contributed by atoms with Crippen LogP contribution in [0.3, 0.4) is 0 Å². The van der Waals surface area contributed by atoms with Gasteiger partial charge in [0.1, 0.15) is 0 Å². The fourth-order valence-corrected chi connectivity index (χ4v) is 2.56. The lowest BCUT2D eigenvalue weighted by Gasteiger charge is -2.12. The van der Waals surface area contributed by atoms with Crippen LogP contribution in [0.5, 0.6) is 0 Å². The second kappa shape index (κ2) is 8.64. The highest BCUT2D eigenvalue weighted by atomic mass is 32.2. The van der Waals surface area contributed by atoms with Gasteiger partial charge >= 0.3 is 5.97 Å². The number of carbonyl (C=O) groups excluding carboxylic acids is 2. The Labute approximate surface area is 136 Å². The van der Waals surface area contributed by atoms with Crippen LogP contribution in [0.2, 0.25) is 0 Å². The average molecular weight is 342 g/mol. The Morgan fingerprint density at radius 1 is 1.17 bits per heavy atom. The maximum absolute atomic E-state index is 11.9. The number of anilines is 1. The second-order valence-corrected chi connectivity index (χ2v) is 7.28. The Morgan fingerprint density at radius 3 is 2.30 bits per heavy atom. The molecule has 0 bridgehead atoms. The van der Waals surface area contributed by atoms with Crippen LogP contribution in [0, 0.1) is 0 Å². The molecule has 0 radical (unpaired) electrons. The summed E-state index contributed by atoms with van der Waals surface area (Å²) in [6.45, 7) is 1.60. The Hall–Kier alpha value is -1.93. The number of unbranched alkanes of at least 4 members (excludes halogenated alkanes) is 1. The average Bonchev–Trinajstić information content (AvgIpc) is 2.51. The number of nitrogens with one attached hydrogen (secondary N) is 1. The molecular formula is C15H22N2O5S. The van der Waals surface area contributed by atoms with Crippen LogP contribution >= 0.6 is 0 Å². The maximum atomic E-state index is 11.9. The van der Waals surface area contributed by atoms with Crippen molar-refractivity contribution in [3.8, 4) is 0 Å². The van der Waals surface area contributed by atoms with Gasteiger partial charge in [0, 0.05) is 26.2 Å². The molecule has 8 heteroatoms. The number of ether oxygens (including phenoxy) is 1. The molecule has 23 heavy (non-hydrogen) atoms. The zero-order chi connectivity index (χ0) is 17.5. The van der Waals surface area contributed by atoms with Gasteiger partial charge in [0.25, 0.3) is 5.91 Å². The number of carbonyl (C=O) groups is 2. The first kappa shape index (κ1) is 19.1. The molecular weight excluding hydrogens is 320 g/mol. The van der Waals surface area contributed by atoms with Gasteiger partial charge in [0.2, 0.25) is 10.0 Å². The summed E-state index contributed by atoms with van der Waals surface area (Å²) in [5.41, 5.74) is 0.428. The van der Waals surface area contributed by atoms with Gasteiger partial charge in [-0.3, -0.25) is 9.59 Å². The molecule has 0 heterocycles. The first-order valence-corrected chi connectivity index (χ1v) is 8.69. The van der Waals surface area contributed by atoms with E-state index < -0.39 is 21.9 Å². The quantitative estimate of drug-likeness (QED) is 0.725. The summed E-state index contributed by atoms with van der Waals surface area (Å²) in [6.07, 6.45) is 1.90. The van der Waals surface area contributed by atoms with Crippen molar-refractivity contribution in [3.63, 3.8) is 0 Å². The molecule has 0 aliphatic carbocycles. The predicted molar refractivity (Wildman–Crippen MR) is 86.4 cm³/mol. The van der Waals surface area contributed by atoms with E-state index in [1.54, 1.807) is 0 Å². The fraction of sp³-hybridized carbons (Fsp3) is 0.467. The molecule has 0 aliphatic rings. The topological polar surface area (TPSA) is 92.8 Å². The molecule has 1 rings (SSSR count). The normalized spacial score (nSPS) is 11.3. The molecule has 0 aromatic heterocycles. The third-order valence-corrected chi connectivity index (χ3v) is 4.84. The molecule has 128 valence electrons. The van der Waals surface area contributed by atoms with Crippen LogP contribution in [-0.4, -0.2) is 45.3 Å². The third-order valence-electron chi connectivity index (χ3n) is 3.02. The molecule has 1 aromatic rings. The molecule has 1 aromatic carbocycles. The van der Waals surface area contributed by atoms with Crippen molar-refractivity contribution in [2.24, 2.45) is 0 Å². The zero-order valence-corrected chi connectivity index (χ0v) is 14.4. The van der Waals surface area contributed by atoms with Crippen LogP contribution in [0.1, 0.15) is 26.2 Å². The minimum Gasteiger partial charge on any atom is -0.456 e. The Balaban J connectivity index is 2.55. The van der Waals surface area contributed by atoms with Gasteiger partial charge in [-0.2, -0.15) is 0 Å². The van der Waals surface area contributed by atoms with Crippen LogP contribution in [0.15, 0.2) is 29.2 Å². The number of benzene rings is 1. The van der Waals surface area contributed by atoms with Crippen molar-refractivity contribution in [2.75, 3.05) is 26.0 Å². The van der Waals surface area contributed by atoms with Crippen LogP contribution in [0.4, 0.5) is 5.69 Å². The van der Waals surface area contributed by atoms with Crippen molar-refractivity contribution in [3.05, 3.63) is 24.3 Å². The molecule has 0 saturated heterocycles. The van der Waals surface area contributed by atoms with Crippen molar-refractivity contribution < 1.29 is 22.7 Å². The maximum Gasteiger partial charge on any atom is 0.306 e. The molecule has 7 nitrogen and oxygen atoms in total. The number of hydrogen-bond donors (Lipinski definition) is 1. The van der Waals surface area contributed by atoms with Crippen LogP contribution < -0.4 is 5.32 Å². The van der Waals surface area contributed by atoms with E-state index in [4.69, 9.17) is 4.74 Å². The minimum absolute atomic E-state index is 0.131. The molecule has 0 saturated carbocycles. The Kier molecular flexibility index (Phi) is 7.18. The predicted octanol–water partition coefficient (Wildman–Crippen LogP) is 1.61. The smallest absolute Gasteiger partial charge is 0.306 e. The monoisotopic (exact) mass is 342 g/mol. The summed E-state index contributed by atoms with van der Waals surface area (Å²) >= 11 is 0. The van der Waals surface area contributed by atoms with Crippen molar-refractivity contribution in [1.82, 2.24) is 4.31 Å². The Bertz CT molecular complexity index is 638. The van der Waals surface area contributed by atoms with Gasteiger partial charge in [-0.15, -0.1) is 0 Å². The third kappa shape index (κ3) is 5.99. The van der Waals surface area contributed by atoms with E-state index in [0.717, 1.165) is 17.1 Å². The number of esters is 1. The molecule has 0 fully saturated rings. The van der Waals surface area contributed by atoms with E-state index in [1.165, 1.54) is 38.4 Å². The van der Waals surface area contributed by atoms with Gasteiger partial charge in [-0.25, -0.2) is 12.7 Å². The largest absolute Gasteiger partial charge is 0.456 e. The van der Waals surface area contributed by atoms with E-state index >= 15 is 0 Å². The highest BCUT2D eigenvalue weighted by Crippen LogP contribution is 2.16. The molecule has 0 aliphatic heterocycles. The van der Waals surface area contributed by atoms with Crippen LogP contribution in [-0.2, 0) is 24.3 Å². The first-order valence-electron chi connectivity index (χ1n) is 7.25. The summed E-state index contributed by atoms with van der Waals surface area (Å²) in [7, 11) is -0.616. The Morgan fingerprint density at radius 2 is 1.78 bits per heavy atom. The van der Waals surface area contributed by atoms with E-state index in [9.17, 15) is 18.0 Å². The number of sulfonamides is 1. The van der Waals surface area contributed by atoms with Crippen molar-refractivity contribution in [1.29, 1.82) is 0 Å². The van der Waals surface area contributed by atoms with Gasteiger partial charge in [0.05, 0.1) is 4.90 Å². The van der Waals surface area contributed by atoms with Crippen molar-refractivity contribution >= 4 is 27.6 Å². The lowest BCUT2D eigenvalue weighted by atomic mass is 10.2. The first-order chi connectivity index (χ1) is 10.8. The lowest BCUT2D eigenvalue weighted by molar-refractivity contribution is -0.147. The fourth-order valence-electron chi connectivity index (χ4n) is 1.66.